The van der Waals surface area contributed by atoms with Gasteiger partial charge in [0.2, 0.25) is 0 Å². The predicted octanol–water partition coefficient (Wildman–Crippen LogP) is 3.51. The molecule has 0 fully saturated rings. The Labute approximate surface area is 120 Å². The summed E-state index contributed by atoms with van der Waals surface area (Å²) in [4.78, 5) is 0. The van der Waals surface area contributed by atoms with E-state index in [0.717, 1.165) is 21.5 Å². The van der Waals surface area contributed by atoms with Crippen molar-refractivity contribution >= 4 is 27.4 Å². The van der Waals surface area contributed by atoms with Gasteiger partial charge in [0, 0.05) is 24.0 Å². The summed E-state index contributed by atoms with van der Waals surface area (Å²) >= 11 is 1.39. The van der Waals surface area contributed by atoms with Crippen LogP contribution in [0.15, 0.2) is 42.5 Å². The molecule has 0 bridgehead atoms. The van der Waals surface area contributed by atoms with E-state index in [1.165, 1.54) is 17.6 Å². The molecule has 20 heavy (non-hydrogen) atoms. The monoisotopic (exact) mass is 287 g/mol. The van der Waals surface area contributed by atoms with Crippen molar-refractivity contribution in [1.82, 2.24) is 4.37 Å². The van der Waals surface area contributed by atoms with Crippen LogP contribution in [0.3, 0.4) is 0 Å². The first-order valence-corrected chi connectivity index (χ1v) is 7.11. The van der Waals surface area contributed by atoms with E-state index >= 15 is 0 Å². The summed E-state index contributed by atoms with van der Waals surface area (Å²) in [5, 5.41) is 5.27. The molecule has 5 heteroatoms. The summed E-state index contributed by atoms with van der Waals surface area (Å²) in [5.74, 6) is -0.228. The van der Waals surface area contributed by atoms with E-state index in [4.69, 9.17) is 5.73 Å². The zero-order chi connectivity index (χ0) is 13.9. The smallest absolute Gasteiger partial charge is 0.128 e. The van der Waals surface area contributed by atoms with Gasteiger partial charge >= 0.3 is 0 Å². The number of aromatic nitrogens is 1. The van der Waals surface area contributed by atoms with E-state index in [1.54, 1.807) is 6.07 Å². The van der Waals surface area contributed by atoms with Crippen LogP contribution < -0.4 is 11.1 Å². The van der Waals surface area contributed by atoms with Crippen LogP contribution >= 0.6 is 11.5 Å². The Hall–Kier alpha value is -1.98. The lowest BCUT2D eigenvalue weighted by molar-refractivity contribution is 0.610. The molecule has 3 N–H and O–H groups in total. The number of fused-ring (bicyclic) bond motifs is 1. The number of hydrogen-bond donors (Lipinski definition) is 2. The maximum Gasteiger partial charge on any atom is 0.128 e. The van der Waals surface area contributed by atoms with Crippen molar-refractivity contribution in [3.05, 3.63) is 59.4 Å². The predicted molar refractivity (Wildman–Crippen MR) is 81.2 cm³/mol. The third kappa shape index (κ3) is 2.50. The number of halogens is 1. The lowest BCUT2D eigenvalue weighted by Gasteiger charge is -2.07. The molecule has 0 saturated carbocycles. The van der Waals surface area contributed by atoms with Crippen molar-refractivity contribution in [3.8, 4) is 0 Å². The molecular formula is C15H14FN3S. The molecule has 102 valence electrons. The van der Waals surface area contributed by atoms with Gasteiger partial charge in [0.05, 0.1) is 5.52 Å². The van der Waals surface area contributed by atoms with Gasteiger partial charge in [0.15, 0.2) is 0 Å². The zero-order valence-corrected chi connectivity index (χ0v) is 11.6. The van der Waals surface area contributed by atoms with E-state index in [0.29, 0.717) is 18.7 Å². The minimum absolute atomic E-state index is 0.228. The molecule has 0 saturated heterocycles. The van der Waals surface area contributed by atoms with Crippen LogP contribution in [0, 0.1) is 5.82 Å². The molecule has 0 spiro atoms. The topological polar surface area (TPSA) is 50.9 Å². The average Bonchev–Trinajstić information content (AvgIpc) is 2.89. The van der Waals surface area contributed by atoms with Crippen molar-refractivity contribution in [3.63, 3.8) is 0 Å². The molecule has 0 unspecified atom stereocenters. The molecule has 0 atom stereocenters. The van der Waals surface area contributed by atoms with Gasteiger partial charge in [0.25, 0.3) is 0 Å². The summed E-state index contributed by atoms with van der Waals surface area (Å²) in [7, 11) is 0. The molecule has 3 nitrogen and oxygen atoms in total. The van der Waals surface area contributed by atoms with Gasteiger partial charge in [0.1, 0.15) is 10.8 Å². The van der Waals surface area contributed by atoms with Crippen molar-refractivity contribution in [2.24, 2.45) is 5.73 Å². The molecule has 3 rings (SSSR count). The fourth-order valence-electron chi connectivity index (χ4n) is 2.05. The maximum absolute atomic E-state index is 13.9. The minimum Gasteiger partial charge on any atom is -0.371 e. The Kier molecular flexibility index (Phi) is 3.62. The van der Waals surface area contributed by atoms with Crippen LogP contribution in [0.25, 0.3) is 10.9 Å². The van der Waals surface area contributed by atoms with Gasteiger partial charge in [-0.05, 0) is 35.3 Å². The SMILES string of the molecule is NCc1ccc(CNc2snc3ccccc23)c(F)c1. The fraction of sp³-hybridized carbons (Fsp3) is 0.133. The second kappa shape index (κ2) is 5.56. The minimum atomic E-state index is -0.228. The second-order valence-electron chi connectivity index (χ2n) is 4.51. The molecule has 0 radical (unpaired) electrons. The molecule has 0 aliphatic rings. The van der Waals surface area contributed by atoms with Crippen molar-refractivity contribution < 1.29 is 4.39 Å². The Morgan fingerprint density at radius 3 is 2.85 bits per heavy atom. The largest absolute Gasteiger partial charge is 0.371 e. The second-order valence-corrected chi connectivity index (χ2v) is 5.29. The van der Waals surface area contributed by atoms with E-state index in [-0.39, 0.29) is 5.82 Å². The maximum atomic E-state index is 13.9. The lowest BCUT2D eigenvalue weighted by atomic mass is 10.1. The van der Waals surface area contributed by atoms with E-state index < -0.39 is 0 Å². The van der Waals surface area contributed by atoms with Gasteiger partial charge < -0.3 is 11.1 Å². The van der Waals surface area contributed by atoms with Crippen LogP contribution in [0.2, 0.25) is 0 Å². The highest BCUT2D eigenvalue weighted by molar-refractivity contribution is 7.11. The summed E-state index contributed by atoms with van der Waals surface area (Å²) in [6, 6.07) is 13.0. The van der Waals surface area contributed by atoms with Crippen molar-refractivity contribution in [1.29, 1.82) is 0 Å². The normalized spacial score (nSPS) is 10.9. The first kappa shape index (κ1) is 13.0. The zero-order valence-electron chi connectivity index (χ0n) is 10.8. The van der Waals surface area contributed by atoms with Gasteiger partial charge in [-0.25, -0.2) is 4.39 Å². The Bertz CT molecular complexity index is 739. The Morgan fingerprint density at radius 1 is 1.20 bits per heavy atom. The summed E-state index contributed by atoms with van der Waals surface area (Å²) in [5.41, 5.74) is 7.88. The molecule has 0 aliphatic carbocycles. The molecule has 1 heterocycles. The van der Waals surface area contributed by atoms with Crippen LogP contribution in [0.1, 0.15) is 11.1 Å². The van der Waals surface area contributed by atoms with E-state index in [2.05, 4.69) is 9.69 Å². The third-order valence-electron chi connectivity index (χ3n) is 3.18. The first-order valence-electron chi connectivity index (χ1n) is 6.33. The number of benzene rings is 2. The van der Waals surface area contributed by atoms with Gasteiger partial charge in [-0.3, -0.25) is 0 Å². The van der Waals surface area contributed by atoms with Crippen LogP contribution in [0.4, 0.5) is 9.39 Å². The number of hydrogen-bond acceptors (Lipinski definition) is 4. The average molecular weight is 287 g/mol. The van der Waals surface area contributed by atoms with Crippen LogP contribution in [-0.4, -0.2) is 4.37 Å². The number of nitrogens with one attached hydrogen (secondary N) is 1. The molecule has 0 amide bonds. The highest BCUT2D eigenvalue weighted by Crippen LogP contribution is 2.27. The number of nitrogens with zero attached hydrogens (tertiary/aromatic N) is 1. The molecule has 1 aromatic heterocycles. The number of rotatable bonds is 4. The lowest BCUT2D eigenvalue weighted by Crippen LogP contribution is -2.03. The van der Waals surface area contributed by atoms with Crippen molar-refractivity contribution in [2.75, 3.05) is 5.32 Å². The highest BCUT2D eigenvalue weighted by Gasteiger charge is 2.07. The fourth-order valence-corrected chi connectivity index (χ4v) is 2.81. The van der Waals surface area contributed by atoms with Gasteiger partial charge in [-0.2, -0.15) is 4.37 Å². The summed E-state index contributed by atoms with van der Waals surface area (Å²) < 4.78 is 18.2. The number of anilines is 1. The Morgan fingerprint density at radius 2 is 2.05 bits per heavy atom. The van der Waals surface area contributed by atoms with E-state index in [1.807, 2.05) is 30.3 Å². The Balaban J connectivity index is 1.79. The van der Waals surface area contributed by atoms with E-state index in [9.17, 15) is 4.39 Å². The standard InChI is InChI=1S/C15H14FN3S/c16-13-7-10(8-17)5-6-11(13)9-18-15-12-3-1-2-4-14(12)19-20-15/h1-7,18H,8-9,17H2. The highest BCUT2D eigenvalue weighted by atomic mass is 32.1. The van der Waals surface area contributed by atoms with Crippen molar-refractivity contribution in [2.45, 2.75) is 13.1 Å². The molecule has 3 aromatic rings. The van der Waals surface area contributed by atoms with Crippen LogP contribution in [-0.2, 0) is 13.1 Å². The molecule has 2 aromatic carbocycles. The molecule has 0 aliphatic heterocycles. The van der Waals surface area contributed by atoms with Gasteiger partial charge in [-0.15, -0.1) is 0 Å². The first-order chi connectivity index (χ1) is 9.78. The molecular weight excluding hydrogens is 273 g/mol. The summed E-state index contributed by atoms with van der Waals surface area (Å²) in [6.07, 6.45) is 0. The number of nitrogens with two attached hydrogens (primary N) is 1. The van der Waals surface area contributed by atoms with Crippen LogP contribution in [0.5, 0.6) is 0 Å². The quantitative estimate of drug-likeness (QED) is 0.772. The van der Waals surface area contributed by atoms with Gasteiger partial charge in [-0.1, -0.05) is 24.3 Å². The summed E-state index contributed by atoms with van der Waals surface area (Å²) in [6.45, 7) is 0.785. The third-order valence-corrected chi connectivity index (χ3v) is 4.01.